The van der Waals surface area contributed by atoms with E-state index in [1.54, 1.807) is 0 Å². The van der Waals surface area contributed by atoms with E-state index in [-0.39, 0.29) is 5.97 Å². The Morgan fingerprint density at radius 3 is 2.64 bits per heavy atom. The van der Waals surface area contributed by atoms with Crippen LogP contribution < -0.4 is 5.73 Å². The second kappa shape index (κ2) is 9.63. The molecule has 136 valence electrons. The molecule has 0 saturated heterocycles. The molecule has 0 spiro atoms. The molecule has 1 aliphatic carbocycles. The summed E-state index contributed by atoms with van der Waals surface area (Å²) in [7, 11) is 1.40. The molecule has 1 saturated carbocycles. The summed E-state index contributed by atoms with van der Waals surface area (Å²) < 4.78 is 4.84. The fourth-order valence-electron chi connectivity index (χ4n) is 3.57. The first-order chi connectivity index (χ1) is 12.1. The van der Waals surface area contributed by atoms with Crippen LogP contribution in [0.5, 0.6) is 0 Å². The van der Waals surface area contributed by atoms with Crippen molar-refractivity contribution >= 4 is 5.97 Å². The van der Waals surface area contributed by atoms with Gasteiger partial charge in [0.25, 0.3) is 0 Å². The Labute approximate surface area is 152 Å². The second-order valence-corrected chi connectivity index (χ2v) is 7.18. The Hall–Kier alpha value is -1.79. The van der Waals surface area contributed by atoms with Crippen molar-refractivity contribution in [3.05, 3.63) is 35.4 Å². The van der Waals surface area contributed by atoms with E-state index in [1.165, 1.54) is 44.8 Å². The summed E-state index contributed by atoms with van der Waals surface area (Å²) >= 11 is 0. The molecule has 1 aliphatic rings. The van der Waals surface area contributed by atoms with E-state index >= 15 is 0 Å². The summed E-state index contributed by atoms with van der Waals surface area (Å²) in [5.41, 5.74) is 7.67. The van der Waals surface area contributed by atoms with E-state index in [2.05, 4.69) is 43.0 Å². The number of carbonyl (C=O) groups is 1. The van der Waals surface area contributed by atoms with Gasteiger partial charge in [-0.3, -0.25) is 4.79 Å². The molecule has 3 nitrogen and oxygen atoms in total. The van der Waals surface area contributed by atoms with Gasteiger partial charge in [0.05, 0.1) is 7.11 Å². The minimum Gasteiger partial charge on any atom is -0.468 e. The number of esters is 1. The number of unbranched alkanes of at least 4 members (excludes halogenated alkanes) is 5. The molecule has 2 atom stereocenters. The van der Waals surface area contributed by atoms with E-state index < -0.39 is 5.54 Å². The fourth-order valence-corrected chi connectivity index (χ4v) is 3.57. The molecule has 1 aromatic carbocycles. The lowest BCUT2D eigenvalue weighted by molar-refractivity contribution is -0.146. The van der Waals surface area contributed by atoms with Gasteiger partial charge in [0.1, 0.15) is 5.54 Å². The van der Waals surface area contributed by atoms with E-state index in [9.17, 15) is 4.79 Å². The van der Waals surface area contributed by atoms with Crippen LogP contribution in [0.1, 0.15) is 81.8 Å². The van der Waals surface area contributed by atoms with Crippen LogP contribution in [-0.2, 0) is 9.53 Å². The van der Waals surface area contributed by atoms with E-state index in [0.29, 0.717) is 18.8 Å². The first-order valence-corrected chi connectivity index (χ1v) is 9.55. The SMILES string of the molecule is CCCCCCCC#Cc1ccc([C@H]2CC[C@](N)(C(=O)OC)C2)cc1. The summed E-state index contributed by atoms with van der Waals surface area (Å²) in [5, 5.41) is 0. The molecule has 0 radical (unpaired) electrons. The number of nitrogens with two attached hydrogens (primary N) is 1. The maximum atomic E-state index is 11.8. The minimum atomic E-state index is -0.824. The molecule has 2 N–H and O–H groups in total. The van der Waals surface area contributed by atoms with Crippen LogP contribution in [0.4, 0.5) is 0 Å². The predicted molar refractivity (Wildman–Crippen MR) is 102 cm³/mol. The van der Waals surface area contributed by atoms with Gasteiger partial charge in [-0.05, 0) is 49.3 Å². The molecular weight excluding hydrogens is 310 g/mol. The van der Waals surface area contributed by atoms with Crippen molar-refractivity contribution < 1.29 is 9.53 Å². The van der Waals surface area contributed by atoms with Crippen LogP contribution in [-0.4, -0.2) is 18.6 Å². The first-order valence-electron chi connectivity index (χ1n) is 9.55. The first kappa shape index (κ1) is 19.5. The van der Waals surface area contributed by atoms with Crippen LogP contribution in [0.2, 0.25) is 0 Å². The third kappa shape index (κ3) is 5.61. The smallest absolute Gasteiger partial charge is 0.325 e. The van der Waals surface area contributed by atoms with Gasteiger partial charge in [0, 0.05) is 12.0 Å². The van der Waals surface area contributed by atoms with Gasteiger partial charge in [0.15, 0.2) is 0 Å². The molecule has 2 rings (SSSR count). The Morgan fingerprint density at radius 2 is 1.96 bits per heavy atom. The fraction of sp³-hybridized carbons (Fsp3) is 0.591. The van der Waals surface area contributed by atoms with Gasteiger partial charge in [-0.2, -0.15) is 0 Å². The minimum absolute atomic E-state index is 0.295. The standard InChI is InChI=1S/C22H31NO2/c1-3-4-5-6-7-8-9-10-18-11-13-19(14-12-18)20-15-16-22(23,17-20)21(24)25-2/h11-14,20H,3-8,15-17,23H2,1-2H3/t20-,22+/m0/s1. The Kier molecular flexibility index (Phi) is 7.52. The van der Waals surface area contributed by atoms with Crippen LogP contribution >= 0.6 is 0 Å². The highest BCUT2D eigenvalue weighted by molar-refractivity contribution is 5.81. The molecule has 0 bridgehead atoms. The molecule has 0 aliphatic heterocycles. The molecule has 0 aromatic heterocycles. The van der Waals surface area contributed by atoms with Crippen LogP contribution in [0.3, 0.4) is 0 Å². The predicted octanol–water partition coefficient (Wildman–Crippen LogP) is 4.54. The lowest BCUT2D eigenvalue weighted by Gasteiger charge is -2.20. The van der Waals surface area contributed by atoms with Gasteiger partial charge in [-0.15, -0.1) is 0 Å². The van der Waals surface area contributed by atoms with Crippen LogP contribution in [0, 0.1) is 11.8 Å². The molecule has 1 aromatic rings. The normalized spacial score (nSPS) is 22.3. The van der Waals surface area contributed by atoms with Crippen molar-refractivity contribution in [1.29, 1.82) is 0 Å². The topological polar surface area (TPSA) is 52.3 Å². The maximum Gasteiger partial charge on any atom is 0.325 e. The highest BCUT2D eigenvalue weighted by Crippen LogP contribution is 2.40. The summed E-state index contributed by atoms with van der Waals surface area (Å²) in [6.07, 6.45) is 9.65. The monoisotopic (exact) mass is 341 g/mol. The molecule has 0 amide bonds. The van der Waals surface area contributed by atoms with E-state index in [0.717, 1.165) is 18.4 Å². The number of rotatable bonds is 7. The summed E-state index contributed by atoms with van der Waals surface area (Å²) in [4.78, 5) is 11.8. The highest BCUT2D eigenvalue weighted by Gasteiger charge is 2.43. The molecule has 1 fully saturated rings. The Bertz CT molecular complexity index is 611. The molecule has 0 heterocycles. The number of hydrogen-bond donors (Lipinski definition) is 1. The van der Waals surface area contributed by atoms with Crippen molar-refractivity contribution in [3.8, 4) is 11.8 Å². The lowest BCUT2D eigenvalue weighted by Crippen LogP contribution is -2.46. The Morgan fingerprint density at radius 1 is 1.24 bits per heavy atom. The van der Waals surface area contributed by atoms with E-state index in [4.69, 9.17) is 10.5 Å². The third-order valence-corrected chi connectivity index (χ3v) is 5.16. The summed E-state index contributed by atoms with van der Waals surface area (Å²) in [5.74, 6) is 6.55. The summed E-state index contributed by atoms with van der Waals surface area (Å²) in [6, 6.07) is 8.40. The summed E-state index contributed by atoms with van der Waals surface area (Å²) in [6.45, 7) is 2.23. The number of carbonyl (C=O) groups excluding carboxylic acids is 1. The Balaban J connectivity index is 1.84. The van der Waals surface area contributed by atoms with Gasteiger partial charge >= 0.3 is 5.97 Å². The zero-order chi connectivity index (χ0) is 18.1. The highest BCUT2D eigenvalue weighted by atomic mass is 16.5. The number of hydrogen-bond acceptors (Lipinski definition) is 3. The number of benzene rings is 1. The van der Waals surface area contributed by atoms with Gasteiger partial charge in [-0.25, -0.2) is 0 Å². The molecular formula is C22H31NO2. The third-order valence-electron chi connectivity index (χ3n) is 5.16. The number of ether oxygens (including phenoxy) is 1. The van der Waals surface area contributed by atoms with Gasteiger partial charge in [-0.1, -0.05) is 56.6 Å². The average Bonchev–Trinajstić information content (AvgIpc) is 3.04. The number of methoxy groups -OCH3 is 1. The quantitative estimate of drug-likeness (QED) is 0.450. The van der Waals surface area contributed by atoms with Crippen LogP contribution in [0.15, 0.2) is 24.3 Å². The molecule has 0 unspecified atom stereocenters. The van der Waals surface area contributed by atoms with Gasteiger partial charge in [0.2, 0.25) is 0 Å². The van der Waals surface area contributed by atoms with Crippen molar-refractivity contribution in [2.24, 2.45) is 5.73 Å². The average molecular weight is 341 g/mol. The molecule has 25 heavy (non-hydrogen) atoms. The van der Waals surface area contributed by atoms with Crippen molar-refractivity contribution in [1.82, 2.24) is 0 Å². The van der Waals surface area contributed by atoms with Gasteiger partial charge < -0.3 is 10.5 Å². The lowest BCUT2D eigenvalue weighted by atomic mass is 9.92. The largest absolute Gasteiger partial charge is 0.468 e. The van der Waals surface area contributed by atoms with Crippen molar-refractivity contribution in [2.45, 2.75) is 76.2 Å². The van der Waals surface area contributed by atoms with E-state index in [1.807, 2.05) is 0 Å². The van der Waals surface area contributed by atoms with Crippen molar-refractivity contribution in [3.63, 3.8) is 0 Å². The van der Waals surface area contributed by atoms with Crippen molar-refractivity contribution in [2.75, 3.05) is 7.11 Å². The molecule has 3 heteroatoms. The second-order valence-electron chi connectivity index (χ2n) is 7.18. The zero-order valence-corrected chi connectivity index (χ0v) is 15.6. The zero-order valence-electron chi connectivity index (χ0n) is 15.6. The van der Waals surface area contributed by atoms with Crippen LogP contribution in [0.25, 0.3) is 0 Å². The maximum absolute atomic E-state index is 11.8.